The van der Waals surface area contributed by atoms with Gasteiger partial charge in [0.1, 0.15) is 0 Å². The van der Waals surface area contributed by atoms with Crippen molar-refractivity contribution in [1.29, 1.82) is 0 Å². The second kappa shape index (κ2) is 15.5. The first-order valence-electron chi connectivity index (χ1n) is 11.8. The van der Waals surface area contributed by atoms with Crippen molar-refractivity contribution in [3.8, 4) is 0 Å². The molecule has 1 nitrogen and oxygen atoms in total. The van der Waals surface area contributed by atoms with Crippen LogP contribution in [0.4, 0.5) is 0 Å². The molecule has 4 rings (SSSR count). The second-order valence-corrected chi connectivity index (χ2v) is 11.3. The summed E-state index contributed by atoms with van der Waals surface area (Å²) >= 11 is 0. The molecule has 0 saturated carbocycles. The van der Waals surface area contributed by atoms with Crippen LogP contribution in [0.25, 0.3) is 0 Å². The predicted molar refractivity (Wildman–Crippen MR) is 146 cm³/mol. The summed E-state index contributed by atoms with van der Waals surface area (Å²) in [5.74, 6) is 0. The molecule has 1 aromatic heterocycles. The van der Waals surface area contributed by atoms with Crippen LogP contribution < -0.4 is 0 Å². The molecule has 4 aromatic rings. The predicted octanol–water partition coefficient (Wildman–Crippen LogP) is 9.19. The largest absolute Gasteiger partial charge is 3.00 e. The number of aromatic nitrogens is 1. The van der Waals surface area contributed by atoms with Crippen molar-refractivity contribution >= 4 is 0 Å². The molecule has 0 fully saturated rings. The quantitative estimate of drug-likeness (QED) is 0.188. The van der Waals surface area contributed by atoms with Crippen molar-refractivity contribution in [2.75, 3.05) is 0 Å². The van der Waals surface area contributed by atoms with E-state index in [0.717, 1.165) is 0 Å². The number of hydrogen-bond acceptors (Lipinski definition) is 1. The van der Waals surface area contributed by atoms with Crippen LogP contribution >= 0.6 is 0 Å². The monoisotopic (exact) mass is 582 g/mol. The van der Waals surface area contributed by atoms with Gasteiger partial charge in [-0.1, -0.05) is 84.6 Å². The van der Waals surface area contributed by atoms with Gasteiger partial charge >= 0.3 is 41.7 Å². The normalized spacial score (nSPS) is 10.9. The maximum Gasteiger partial charge on any atom is 3.00 e. The van der Waals surface area contributed by atoms with Gasteiger partial charge < -0.3 is 0 Å². The molecule has 0 N–H and O–H groups in total. The van der Waals surface area contributed by atoms with E-state index in [9.17, 15) is 0 Å². The van der Waals surface area contributed by atoms with Crippen molar-refractivity contribution in [3.05, 3.63) is 120 Å². The minimum Gasteiger partial charge on any atom is -0.265 e. The third-order valence-corrected chi connectivity index (χ3v) is 5.15. The maximum absolute atomic E-state index is 3.78. The summed E-state index contributed by atoms with van der Waals surface area (Å²) in [6.45, 7) is 20.0. The van der Waals surface area contributed by atoms with Gasteiger partial charge in [-0.3, -0.25) is 4.98 Å². The van der Waals surface area contributed by atoms with Crippen molar-refractivity contribution in [2.45, 2.75) is 78.6 Å². The molecule has 0 amide bonds. The van der Waals surface area contributed by atoms with Crippen LogP contribution in [0, 0.1) is 41.7 Å². The molecule has 0 aliphatic rings. The molecule has 3 aromatic carbocycles. The molecular weight excluding hydrogens is 538 g/mol. The van der Waals surface area contributed by atoms with E-state index in [0.29, 0.717) is 16.2 Å². The van der Waals surface area contributed by atoms with Crippen molar-refractivity contribution in [1.82, 2.24) is 4.98 Å². The molecule has 0 aliphatic heterocycles. The molecule has 0 atom stereocenters. The van der Waals surface area contributed by atoms with E-state index in [2.05, 4.69) is 140 Å². The van der Waals surface area contributed by atoms with Gasteiger partial charge in [-0.2, -0.15) is 53.1 Å². The minimum absolute atomic E-state index is 0. The Labute approximate surface area is 243 Å². The van der Waals surface area contributed by atoms with Crippen molar-refractivity contribution < 1.29 is 41.7 Å². The molecule has 0 spiro atoms. The van der Waals surface area contributed by atoms with Gasteiger partial charge in [0, 0.05) is 12.4 Å². The van der Waals surface area contributed by atoms with Crippen LogP contribution in [0.1, 0.15) is 79.0 Å². The Morgan fingerprint density at radius 3 is 0.706 bits per heavy atom. The summed E-state index contributed by atoms with van der Waals surface area (Å²) in [5.41, 5.74) is 5.23. The first-order chi connectivity index (χ1) is 15.3. The first-order valence-corrected chi connectivity index (χ1v) is 11.8. The Balaban J connectivity index is 0.000000427. The van der Waals surface area contributed by atoms with Crippen molar-refractivity contribution in [2.24, 2.45) is 0 Å². The van der Waals surface area contributed by atoms with Crippen LogP contribution in [-0.2, 0) is 16.2 Å². The summed E-state index contributed by atoms with van der Waals surface area (Å²) < 4.78 is 0. The Morgan fingerprint density at radius 2 is 0.618 bits per heavy atom. The van der Waals surface area contributed by atoms with E-state index in [1.54, 1.807) is 12.4 Å². The molecule has 34 heavy (non-hydrogen) atoms. The first kappa shape index (κ1) is 32.6. The number of rotatable bonds is 0. The van der Waals surface area contributed by atoms with Gasteiger partial charge in [-0.15, -0.1) is 0 Å². The van der Waals surface area contributed by atoms with Crippen LogP contribution in [0.3, 0.4) is 0 Å². The number of pyridine rings is 1. The summed E-state index contributed by atoms with van der Waals surface area (Å²) in [7, 11) is 0. The van der Waals surface area contributed by atoms with E-state index in [-0.39, 0.29) is 41.7 Å². The standard InChI is InChI=1S/3C9H13.C5H5N.Ce/c3*1-9(2,3)8-6-4-5-7-8;1-2-4-6-5-3-1;/h3*4-7H,1-3H3;1-5H;/q3*-1;;+3. The van der Waals surface area contributed by atoms with Crippen LogP contribution in [0.15, 0.2) is 103 Å². The van der Waals surface area contributed by atoms with E-state index in [4.69, 9.17) is 0 Å². The molecular formula is C32H44CeN. The molecule has 1 radical (unpaired) electrons. The van der Waals surface area contributed by atoms with E-state index >= 15 is 0 Å². The van der Waals surface area contributed by atoms with Crippen LogP contribution in [-0.4, -0.2) is 4.98 Å². The Kier molecular flexibility index (Phi) is 14.9. The van der Waals surface area contributed by atoms with E-state index in [1.165, 1.54) is 16.7 Å². The summed E-state index contributed by atoms with van der Waals surface area (Å²) in [5, 5.41) is 0. The molecule has 0 unspecified atom stereocenters. The fourth-order valence-corrected chi connectivity index (χ4v) is 2.93. The zero-order chi connectivity index (χ0) is 25.0. The number of nitrogens with zero attached hydrogens (tertiary/aromatic N) is 1. The zero-order valence-electron chi connectivity index (χ0n) is 22.8. The Bertz CT molecular complexity index is 793. The number of hydrogen-bond donors (Lipinski definition) is 0. The molecule has 181 valence electrons. The topological polar surface area (TPSA) is 12.9 Å². The van der Waals surface area contributed by atoms with Gasteiger partial charge in [0.2, 0.25) is 0 Å². The zero-order valence-corrected chi connectivity index (χ0v) is 25.9. The second-order valence-electron chi connectivity index (χ2n) is 11.3. The van der Waals surface area contributed by atoms with Gasteiger partial charge in [0.05, 0.1) is 0 Å². The van der Waals surface area contributed by atoms with E-state index in [1.807, 2.05) is 18.2 Å². The Hall–Kier alpha value is -1.42. The summed E-state index contributed by atoms with van der Waals surface area (Å²) in [6, 6.07) is 31.2. The van der Waals surface area contributed by atoms with Gasteiger partial charge in [0.25, 0.3) is 0 Å². The average molecular weight is 583 g/mol. The average Bonchev–Trinajstić information content (AvgIpc) is 3.53. The van der Waals surface area contributed by atoms with Crippen LogP contribution in [0.2, 0.25) is 0 Å². The van der Waals surface area contributed by atoms with Gasteiger partial charge in [-0.25, -0.2) is 36.4 Å². The third-order valence-electron chi connectivity index (χ3n) is 5.15. The molecule has 2 heteroatoms. The fraction of sp³-hybridized carbons (Fsp3) is 0.375. The fourth-order valence-electron chi connectivity index (χ4n) is 2.93. The van der Waals surface area contributed by atoms with Gasteiger partial charge in [0.15, 0.2) is 0 Å². The molecule has 0 saturated heterocycles. The van der Waals surface area contributed by atoms with Crippen LogP contribution in [0.5, 0.6) is 0 Å². The third kappa shape index (κ3) is 14.1. The minimum atomic E-state index is 0. The molecule has 0 aliphatic carbocycles. The van der Waals surface area contributed by atoms with Crippen molar-refractivity contribution in [3.63, 3.8) is 0 Å². The summed E-state index contributed by atoms with van der Waals surface area (Å²) in [6.07, 6.45) is 3.50. The molecule has 0 bridgehead atoms. The Morgan fingerprint density at radius 1 is 0.382 bits per heavy atom. The summed E-state index contributed by atoms with van der Waals surface area (Å²) in [4.78, 5) is 3.78. The van der Waals surface area contributed by atoms with Gasteiger partial charge in [-0.05, 0) is 12.1 Å². The smallest absolute Gasteiger partial charge is 0.265 e. The van der Waals surface area contributed by atoms with E-state index < -0.39 is 0 Å². The maximum atomic E-state index is 3.78. The molecule has 1 heterocycles. The SMILES string of the molecule is CC(C)(C)[c-]1cccc1.CC(C)(C)[c-]1cccc1.CC(C)(C)[c-]1cccc1.[Ce+3].c1ccncc1.